The molecule has 0 unspecified atom stereocenters. The maximum absolute atomic E-state index is 12.5. The molecule has 0 aromatic heterocycles. The molecule has 1 aromatic rings. The van der Waals surface area contributed by atoms with E-state index in [-0.39, 0.29) is 12.0 Å². The minimum Gasteiger partial charge on any atom is -0.497 e. The van der Waals surface area contributed by atoms with Gasteiger partial charge in [0.05, 0.1) is 12.7 Å². The Morgan fingerprint density at radius 2 is 1.80 bits per heavy atom. The highest BCUT2D eigenvalue weighted by atomic mass is 16.5. The number of nitrogens with zero attached hydrogens (tertiary/aromatic N) is 2. The molecule has 0 radical (unpaired) electrons. The number of carbonyl (C=O) groups is 1. The highest BCUT2D eigenvalue weighted by Crippen LogP contribution is 2.30. The van der Waals surface area contributed by atoms with Crippen LogP contribution in [0.1, 0.15) is 48.9 Å². The molecule has 1 aliphatic heterocycles. The van der Waals surface area contributed by atoms with Gasteiger partial charge in [0.15, 0.2) is 0 Å². The summed E-state index contributed by atoms with van der Waals surface area (Å²) < 4.78 is 11.5. The Bertz CT molecular complexity index is 589. The van der Waals surface area contributed by atoms with Crippen LogP contribution in [-0.2, 0) is 0 Å². The second kappa shape index (κ2) is 8.09. The summed E-state index contributed by atoms with van der Waals surface area (Å²) in [6, 6.07) is 6.27. The zero-order chi connectivity index (χ0) is 17.8. The Morgan fingerprint density at radius 1 is 1.12 bits per heavy atom. The minimum atomic E-state index is -0.0581. The highest BCUT2D eigenvalue weighted by Gasteiger charge is 2.28. The zero-order valence-electron chi connectivity index (χ0n) is 15.7. The smallest absolute Gasteiger partial charge is 0.257 e. The number of amides is 1. The highest BCUT2D eigenvalue weighted by molar-refractivity contribution is 5.97. The Morgan fingerprint density at radius 3 is 2.40 bits per heavy atom. The van der Waals surface area contributed by atoms with Crippen molar-refractivity contribution in [2.45, 2.75) is 50.7 Å². The zero-order valence-corrected chi connectivity index (χ0v) is 15.7. The average molecular weight is 346 g/mol. The molecular formula is C20H30N2O3. The van der Waals surface area contributed by atoms with E-state index in [2.05, 4.69) is 4.90 Å². The lowest BCUT2D eigenvalue weighted by atomic mass is 10.0. The van der Waals surface area contributed by atoms with E-state index in [0.717, 1.165) is 32.0 Å². The number of ether oxygens (including phenoxy) is 2. The standard InChI is InChI=1S/C20H30N2O3/c1-21(2)20(23)18-14-17(24-3)8-9-19(18)25-16-10-12-22(13-11-16)15-6-4-5-7-15/h8-9,14-16H,4-7,10-13H2,1-3H3. The predicted molar refractivity (Wildman–Crippen MR) is 98.5 cm³/mol. The maximum Gasteiger partial charge on any atom is 0.257 e. The van der Waals surface area contributed by atoms with Crippen molar-refractivity contribution in [1.29, 1.82) is 0 Å². The molecule has 2 aliphatic rings. The number of methoxy groups -OCH3 is 1. The molecule has 0 N–H and O–H groups in total. The van der Waals surface area contributed by atoms with Gasteiger partial charge in [-0.3, -0.25) is 4.79 Å². The van der Waals surface area contributed by atoms with Crippen LogP contribution in [0, 0.1) is 0 Å². The molecule has 1 aromatic carbocycles. The van der Waals surface area contributed by atoms with Crippen LogP contribution in [0.2, 0.25) is 0 Å². The van der Waals surface area contributed by atoms with Gasteiger partial charge in [0.1, 0.15) is 17.6 Å². The van der Waals surface area contributed by atoms with Crippen LogP contribution in [0.25, 0.3) is 0 Å². The normalized spacial score (nSPS) is 19.8. The van der Waals surface area contributed by atoms with Gasteiger partial charge in [-0.05, 0) is 43.9 Å². The van der Waals surface area contributed by atoms with Gasteiger partial charge >= 0.3 is 0 Å². The number of benzene rings is 1. The van der Waals surface area contributed by atoms with Crippen molar-refractivity contribution in [2.75, 3.05) is 34.3 Å². The van der Waals surface area contributed by atoms with Gasteiger partial charge in [0.25, 0.3) is 5.91 Å². The van der Waals surface area contributed by atoms with Crippen LogP contribution in [0.5, 0.6) is 11.5 Å². The first-order chi connectivity index (χ1) is 12.1. The minimum absolute atomic E-state index is 0.0581. The number of hydrogen-bond donors (Lipinski definition) is 0. The quantitative estimate of drug-likeness (QED) is 0.821. The average Bonchev–Trinajstić information content (AvgIpc) is 3.16. The van der Waals surface area contributed by atoms with Gasteiger partial charge in [0.2, 0.25) is 0 Å². The third-order valence-corrected chi connectivity index (χ3v) is 5.43. The monoisotopic (exact) mass is 346 g/mol. The van der Waals surface area contributed by atoms with Gasteiger partial charge in [-0.1, -0.05) is 12.8 Å². The topological polar surface area (TPSA) is 42.0 Å². The van der Waals surface area contributed by atoms with Crippen molar-refractivity contribution in [3.05, 3.63) is 23.8 Å². The predicted octanol–water partition coefficient (Wildman–Crippen LogP) is 3.18. The van der Waals surface area contributed by atoms with Crippen molar-refractivity contribution >= 4 is 5.91 Å². The maximum atomic E-state index is 12.5. The number of likely N-dealkylation sites (tertiary alicyclic amines) is 1. The van der Waals surface area contributed by atoms with Gasteiger partial charge in [-0.15, -0.1) is 0 Å². The van der Waals surface area contributed by atoms with E-state index in [4.69, 9.17) is 9.47 Å². The summed E-state index contributed by atoms with van der Waals surface area (Å²) in [6.07, 6.45) is 7.69. The molecule has 5 nitrogen and oxygen atoms in total. The van der Waals surface area contributed by atoms with E-state index < -0.39 is 0 Å². The van der Waals surface area contributed by atoms with E-state index in [1.165, 1.54) is 25.7 Å². The van der Waals surface area contributed by atoms with Gasteiger partial charge in [-0.25, -0.2) is 0 Å². The molecule has 0 spiro atoms. The fourth-order valence-electron chi connectivity index (χ4n) is 3.95. The lowest BCUT2D eigenvalue weighted by Crippen LogP contribution is -2.43. The number of carbonyl (C=O) groups excluding carboxylic acids is 1. The van der Waals surface area contributed by atoms with Crippen molar-refractivity contribution in [3.8, 4) is 11.5 Å². The van der Waals surface area contributed by atoms with E-state index in [9.17, 15) is 4.79 Å². The fourth-order valence-corrected chi connectivity index (χ4v) is 3.95. The van der Waals surface area contributed by atoms with Crippen molar-refractivity contribution in [3.63, 3.8) is 0 Å². The molecule has 1 saturated heterocycles. The molecule has 3 rings (SSSR count). The molecule has 25 heavy (non-hydrogen) atoms. The van der Waals surface area contributed by atoms with Crippen molar-refractivity contribution < 1.29 is 14.3 Å². The van der Waals surface area contributed by atoms with Crippen LogP contribution >= 0.6 is 0 Å². The van der Waals surface area contributed by atoms with E-state index >= 15 is 0 Å². The SMILES string of the molecule is COc1ccc(OC2CCN(C3CCCC3)CC2)c(C(=O)N(C)C)c1. The van der Waals surface area contributed by atoms with Crippen molar-refractivity contribution in [1.82, 2.24) is 9.80 Å². The lowest BCUT2D eigenvalue weighted by Gasteiger charge is -2.36. The fraction of sp³-hybridized carbons (Fsp3) is 0.650. The number of rotatable bonds is 5. The van der Waals surface area contributed by atoms with Gasteiger partial charge < -0.3 is 19.3 Å². The third kappa shape index (κ3) is 4.27. The molecule has 1 amide bonds. The summed E-state index contributed by atoms with van der Waals surface area (Å²) in [5, 5.41) is 0. The van der Waals surface area contributed by atoms with E-state index in [1.807, 2.05) is 12.1 Å². The van der Waals surface area contributed by atoms with Gasteiger partial charge in [-0.2, -0.15) is 0 Å². The second-order valence-corrected chi connectivity index (χ2v) is 7.35. The van der Waals surface area contributed by atoms with Crippen LogP contribution < -0.4 is 9.47 Å². The molecule has 0 bridgehead atoms. The third-order valence-electron chi connectivity index (χ3n) is 5.43. The van der Waals surface area contributed by atoms with Crippen LogP contribution in [0.3, 0.4) is 0 Å². The lowest BCUT2D eigenvalue weighted by molar-refractivity contribution is 0.0725. The van der Waals surface area contributed by atoms with Crippen LogP contribution in [-0.4, -0.2) is 62.1 Å². The second-order valence-electron chi connectivity index (χ2n) is 7.35. The summed E-state index contributed by atoms with van der Waals surface area (Å²) >= 11 is 0. The van der Waals surface area contributed by atoms with Crippen LogP contribution in [0.15, 0.2) is 18.2 Å². The number of piperidine rings is 1. The van der Waals surface area contributed by atoms with Crippen LogP contribution in [0.4, 0.5) is 0 Å². The summed E-state index contributed by atoms with van der Waals surface area (Å²) in [6.45, 7) is 2.20. The molecule has 5 heteroatoms. The molecule has 1 aliphatic carbocycles. The largest absolute Gasteiger partial charge is 0.497 e. The molecular weight excluding hydrogens is 316 g/mol. The molecule has 1 saturated carbocycles. The molecule has 138 valence electrons. The van der Waals surface area contributed by atoms with E-state index in [0.29, 0.717) is 17.1 Å². The molecule has 2 fully saturated rings. The first-order valence-electron chi connectivity index (χ1n) is 9.39. The first-order valence-corrected chi connectivity index (χ1v) is 9.39. The summed E-state index contributed by atoms with van der Waals surface area (Å²) in [5.74, 6) is 1.28. The summed E-state index contributed by atoms with van der Waals surface area (Å²) in [4.78, 5) is 16.7. The van der Waals surface area contributed by atoms with Crippen molar-refractivity contribution in [2.24, 2.45) is 0 Å². The van der Waals surface area contributed by atoms with Gasteiger partial charge in [0, 0.05) is 33.2 Å². The summed E-state index contributed by atoms with van der Waals surface area (Å²) in [5.41, 5.74) is 0.572. The van der Waals surface area contributed by atoms with E-state index in [1.54, 1.807) is 32.2 Å². The Balaban J connectivity index is 1.65. The Kier molecular flexibility index (Phi) is 5.84. The summed E-state index contributed by atoms with van der Waals surface area (Å²) in [7, 11) is 5.12. The Labute approximate surface area is 150 Å². The Hall–Kier alpha value is -1.75. The number of hydrogen-bond acceptors (Lipinski definition) is 4. The first kappa shape index (κ1) is 18.1. The molecule has 1 heterocycles. The molecule has 0 atom stereocenters.